The summed E-state index contributed by atoms with van der Waals surface area (Å²) in [5.41, 5.74) is 0. The maximum absolute atomic E-state index is 9.62. The predicted molar refractivity (Wildman–Crippen MR) is 20.8 cm³/mol. The van der Waals surface area contributed by atoms with Crippen molar-refractivity contribution in [3.8, 4) is 0 Å². The minimum absolute atomic E-state index is 0. The van der Waals surface area contributed by atoms with Crippen LogP contribution in [-0.4, -0.2) is 5.78 Å². The summed E-state index contributed by atoms with van der Waals surface area (Å²) in [5, 5.41) is 0. The topological polar surface area (TPSA) is 17.1 Å². The van der Waals surface area contributed by atoms with Crippen LogP contribution in [0.5, 0.6) is 0 Å². The van der Waals surface area contributed by atoms with Gasteiger partial charge < -0.3 is 16.4 Å². The Kier molecular flexibility index (Phi) is 8.56. The first-order chi connectivity index (χ1) is 2.27. The molecule has 0 aliphatic heterocycles. The van der Waals surface area contributed by atoms with Gasteiger partial charge in [-0.05, 0) is 6.92 Å². The second-order valence-corrected chi connectivity index (χ2v) is 0.938. The molecule has 0 radical (unpaired) electrons. The second-order valence-electron chi connectivity index (χ2n) is 0.720. The van der Waals surface area contributed by atoms with Crippen molar-refractivity contribution < 1.29 is 21.9 Å². The van der Waals surface area contributed by atoms with Crippen molar-refractivity contribution in [1.29, 1.82) is 0 Å². The first-order valence-corrected chi connectivity index (χ1v) is 1.65. The molecule has 3 heteroatoms. The van der Waals surface area contributed by atoms with Crippen LogP contribution >= 0.6 is 11.6 Å². The summed E-state index contributed by atoms with van der Waals surface area (Å²) < 4.78 is 0. The predicted octanol–water partition coefficient (Wildman–Crippen LogP) is 0.973. The summed E-state index contributed by atoms with van der Waals surface area (Å²) >= 11 is 4.86. The van der Waals surface area contributed by atoms with Gasteiger partial charge in [0.25, 0.3) is 0 Å². The van der Waals surface area contributed by atoms with Gasteiger partial charge in [-0.3, -0.25) is 0 Å². The Balaban J connectivity index is 0. The largest absolute Gasteiger partial charge is 0.334 e. The van der Waals surface area contributed by atoms with Crippen molar-refractivity contribution in [1.82, 2.24) is 0 Å². The van der Waals surface area contributed by atoms with Crippen LogP contribution in [0.4, 0.5) is 0 Å². The normalized spacial score (nSPS) is 5.67. The van der Waals surface area contributed by atoms with E-state index in [0.717, 1.165) is 5.88 Å². The molecular formula is C3H4ClFeO-. The van der Waals surface area contributed by atoms with Gasteiger partial charge in [0.15, 0.2) is 0 Å². The van der Waals surface area contributed by atoms with E-state index >= 15 is 0 Å². The van der Waals surface area contributed by atoms with Crippen molar-refractivity contribution in [2.45, 2.75) is 6.92 Å². The first kappa shape index (κ1) is 9.60. The fraction of sp³-hybridized carbons (Fsp3) is 0.333. The van der Waals surface area contributed by atoms with E-state index in [-0.39, 0.29) is 22.9 Å². The van der Waals surface area contributed by atoms with Crippen molar-refractivity contribution in [3.05, 3.63) is 5.88 Å². The Bertz CT molecular complexity index is 46.1. The van der Waals surface area contributed by atoms with Crippen LogP contribution in [0.25, 0.3) is 0 Å². The molecule has 0 spiro atoms. The molecule has 0 heterocycles. The molecule has 0 aromatic carbocycles. The van der Waals surface area contributed by atoms with Crippen molar-refractivity contribution in [3.63, 3.8) is 0 Å². The van der Waals surface area contributed by atoms with Gasteiger partial charge in [0.1, 0.15) is 0 Å². The van der Waals surface area contributed by atoms with E-state index in [9.17, 15) is 4.79 Å². The number of carbonyl (C=O) groups is 1. The Hall–Kier alpha value is 0.349. The number of halogens is 1. The average molecular weight is 147 g/mol. The van der Waals surface area contributed by atoms with Crippen molar-refractivity contribution >= 4 is 17.4 Å². The van der Waals surface area contributed by atoms with Gasteiger partial charge in [0, 0.05) is 22.9 Å². The smallest absolute Gasteiger partial charge is 0.00920 e. The molecule has 0 amide bonds. The standard InChI is InChI=1S/C3H4ClO.Fe/c1-3(5)2-4;/h2H,1H3;/q-1;. The fourth-order valence-corrected chi connectivity index (χ4v) is 0. The molecule has 0 N–H and O–H groups in total. The van der Waals surface area contributed by atoms with Crippen LogP contribution in [0.2, 0.25) is 0 Å². The molecule has 0 unspecified atom stereocenters. The molecule has 0 saturated carbocycles. The quantitative estimate of drug-likeness (QED) is 0.399. The van der Waals surface area contributed by atoms with Gasteiger partial charge >= 0.3 is 0 Å². The first-order valence-electron chi connectivity index (χ1n) is 1.21. The van der Waals surface area contributed by atoms with Gasteiger partial charge in [-0.1, -0.05) is 0 Å². The van der Waals surface area contributed by atoms with Gasteiger partial charge in [0.05, 0.1) is 0 Å². The number of ketones is 1. The molecule has 0 rings (SSSR count). The second kappa shape index (κ2) is 5.35. The van der Waals surface area contributed by atoms with E-state index in [2.05, 4.69) is 0 Å². The molecule has 1 nitrogen and oxygen atoms in total. The molecule has 0 aromatic heterocycles. The van der Waals surface area contributed by atoms with E-state index in [4.69, 9.17) is 11.6 Å². The van der Waals surface area contributed by atoms with Crippen LogP contribution in [-0.2, 0) is 21.9 Å². The molecular weight excluding hydrogens is 143 g/mol. The third kappa shape index (κ3) is 8.84. The zero-order valence-corrected chi connectivity index (χ0v) is 5.08. The summed E-state index contributed by atoms with van der Waals surface area (Å²) in [5.74, 6) is 0.895. The Morgan fingerprint density at radius 1 is 1.83 bits per heavy atom. The van der Waals surface area contributed by atoms with Gasteiger partial charge in [0.2, 0.25) is 0 Å². The van der Waals surface area contributed by atoms with E-state index in [0.29, 0.717) is 0 Å². The summed E-state index contributed by atoms with van der Waals surface area (Å²) in [7, 11) is 0. The number of rotatable bonds is 1. The SMILES string of the molecule is CC(=O)[CH-]Cl.[Fe]. The molecule has 0 aliphatic carbocycles. The van der Waals surface area contributed by atoms with E-state index in [1.54, 1.807) is 0 Å². The van der Waals surface area contributed by atoms with E-state index < -0.39 is 0 Å². The monoisotopic (exact) mass is 147 g/mol. The molecule has 0 aromatic rings. The fourth-order valence-electron chi connectivity index (χ4n) is 0. The van der Waals surface area contributed by atoms with Crippen LogP contribution in [0, 0.1) is 5.88 Å². The Morgan fingerprint density at radius 2 is 2.00 bits per heavy atom. The third-order valence-electron chi connectivity index (χ3n) is 0.154. The average Bonchev–Trinajstić information content (AvgIpc) is 1.38. The van der Waals surface area contributed by atoms with Crippen molar-refractivity contribution in [2.75, 3.05) is 0 Å². The van der Waals surface area contributed by atoms with Gasteiger partial charge in [-0.2, -0.15) is 0 Å². The Labute approximate surface area is 52.5 Å². The third-order valence-corrected chi connectivity index (χ3v) is 0.461. The number of hydrogen-bond acceptors (Lipinski definition) is 1. The number of hydrogen-bond donors (Lipinski definition) is 0. The van der Waals surface area contributed by atoms with Crippen molar-refractivity contribution in [2.24, 2.45) is 0 Å². The van der Waals surface area contributed by atoms with Gasteiger partial charge in [-0.25, -0.2) is 5.88 Å². The number of Topliss-reactive ketones (excluding diaryl/α,β-unsaturated/α-hetero) is 1. The Morgan fingerprint density at radius 3 is 2.00 bits per heavy atom. The molecule has 6 heavy (non-hydrogen) atoms. The minimum Gasteiger partial charge on any atom is -0.334 e. The van der Waals surface area contributed by atoms with E-state index in [1.165, 1.54) is 6.92 Å². The zero-order valence-electron chi connectivity index (χ0n) is 3.22. The molecule has 0 fully saturated rings. The summed E-state index contributed by atoms with van der Waals surface area (Å²) in [4.78, 5) is 9.62. The molecule has 0 saturated heterocycles. The maximum Gasteiger partial charge on any atom is 0.00920 e. The number of carbonyl (C=O) groups excluding carboxylic acids is 1. The molecule has 0 bridgehead atoms. The molecule has 38 valence electrons. The van der Waals surface area contributed by atoms with Crippen LogP contribution in [0.3, 0.4) is 0 Å². The molecule has 0 atom stereocenters. The van der Waals surface area contributed by atoms with Gasteiger partial charge in [-0.15, -0.1) is 0 Å². The summed E-state index contributed by atoms with van der Waals surface area (Å²) in [6, 6.07) is 0. The maximum atomic E-state index is 9.62. The molecule has 0 aliphatic rings. The summed E-state index contributed by atoms with van der Waals surface area (Å²) in [6.07, 6.45) is 0. The van der Waals surface area contributed by atoms with E-state index in [1.807, 2.05) is 0 Å². The van der Waals surface area contributed by atoms with Crippen LogP contribution in [0.15, 0.2) is 0 Å². The van der Waals surface area contributed by atoms with Crippen LogP contribution < -0.4 is 0 Å². The zero-order chi connectivity index (χ0) is 4.28. The summed E-state index contributed by atoms with van der Waals surface area (Å²) in [6.45, 7) is 1.40. The minimum atomic E-state index is -0.105. The van der Waals surface area contributed by atoms with Crippen LogP contribution in [0.1, 0.15) is 6.92 Å².